The molecule has 0 radical (unpaired) electrons. The number of benzene rings is 1. The van der Waals surface area contributed by atoms with Crippen molar-refractivity contribution in [2.45, 2.75) is 27.3 Å². The van der Waals surface area contributed by atoms with Gasteiger partial charge >= 0.3 is 0 Å². The van der Waals surface area contributed by atoms with Gasteiger partial charge in [-0.1, -0.05) is 6.92 Å². The van der Waals surface area contributed by atoms with Gasteiger partial charge < -0.3 is 9.73 Å². The van der Waals surface area contributed by atoms with Gasteiger partial charge in [0.1, 0.15) is 11.3 Å². The van der Waals surface area contributed by atoms with Crippen molar-refractivity contribution < 1.29 is 13.2 Å². The molecule has 0 spiro atoms. The van der Waals surface area contributed by atoms with E-state index in [2.05, 4.69) is 5.32 Å². The minimum Gasteiger partial charge on any atom is -0.459 e. The summed E-state index contributed by atoms with van der Waals surface area (Å²) in [4.78, 5) is 0. The Balaban J connectivity index is 2.65. The topological polar surface area (TPSA) is 25.2 Å². The van der Waals surface area contributed by atoms with Gasteiger partial charge in [0.15, 0.2) is 11.6 Å². The summed E-state index contributed by atoms with van der Waals surface area (Å²) in [5.41, 5.74) is 1.72. The van der Waals surface area contributed by atoms with Crippen molar-refractivity contribution in [2.24, 2.45) is 0 Å². The number of halogens is 2. The van der Waals surface area contributed by atoms with Crippen molar-refractivity contribution in [3.63, 3.8) is 0 Å². The number of rotatable bonds is 3. The maximum absolute atomic E-state index is 13.7. The summed E-state index contributed by atoms with van der Waals surface area (Å²) < 4.78 is 32.6. The highest BCUT2D eigenvalue weighted by Crippen LogP contribution is 2.31. The van der Waals surface area contributed by atoms with Gasteiger partial charge in [0, 0.05) is 5.56 Å². The number of hydrogen-bond acceptors (Lipinski definition) is 2. The molecule has 0 aliphatic rings. The molecule has 1 aromatic carbocycles. The van der Waals surface area contributed by atoms with Crippen LogP contribution in [0.1, 0.15) is 23.8 Å². The van der Waals surface area contributed by atoms with Crippen LogP contribution in [0.3, 0.4) is 0 Å². The molecule has 2 nitrogen and oxygen atoms in total. The summed E-state index contributed by atoms with van der Waals surface area (Å²) in [6.07, 6.45) is 0. The van der Waals surface area contributed by atoms with Crippen LogP contribution in [-0.4, -0.2) is 6.54 Å². The second-order valence-electron chi connectivity index (χ2n) is 4.12. The zero-order valence-corrected chi connectivity index (χ0v) is 10.2. The zero-order chi connectivity index (χ0) is 12.6. The molecule has 0 fully saturated rings. The van der Waals surface area contributed by atoms with E-state index in [1.165, 1.54) is 0 Å². The van der Waals surface area contributed by atoms with Crippen molar-refractivity contribution in [1.82, 2.24) is 5.32 Å². The predicted molar refractivity (Wildman–Crippen MR) is 63.0 cm³/mol. The molecule has 0 unspecified atom stereocenters. The van der Waals surface area contributed by atoms with Crippen molar-refractivity contribution in [1.29, 1.82) is 0 Å². The van der Waals surface area contributed by atoms with Crippen molar-refractivity contribution in [3.8, 4) is 0 Å². The van der Waals surface area contributed by atoms with Crippen LogP contribution in [0.4, 0.5) is 8.78 Å². The van der Waals surface area contributed by atoms with Crippen LogP contribution < -0.4 is 5.32 Å². The summed E-state index contributed by atoms with van der Waals surface area (Å²) in [5.74, 6) is -0.988. The number of hydrogen-bond donors (Lipinski definition) is 1. The molecule has 1 heterocycles. The molecule has 1 aromatic heterocycles. The van der Waals surface area contributed by atoms with Gasteiger partial charge in [-0.15, -0.1) is 0 Å². The largest absolute Gasteiger partial charge is 0.459 e. The Morgan fingerprint density at radius 1 is 1.29 bits per heavy atom. The van der Waals surface area contributed by atoms with Crippen molar-refractivity contribution in [3.05, 3.63) is 34.6 Å². The third-order valence-corrected chi connectivity index (χ3v) is 2.91. The first-order chi connectivity index (χ1) is 8.06. The van der Waals surface area contributed by atoms with E-state index in [-0.39, 0.29) is 5.39 Å². The molecule has 4 heteroatoms. The molecule has 2 aromatic rings. The predicted octanol–water partition coefficient (Wildman–Crippen LogP) is 3.44. The zero-order valence-electron chi connectivity index (χ0n) is 10.2. The number of aryl methyl sites for hydroxylation is 2. The Morgan fingerprint density at radius 3 is 2.65 bits per heavy atom. The fourth-order valence-electron chi connectivity index (χ4n) is 1.95. The summed E-state index contributed by atoms with van der Waals surface area (Å²) >= 11 is 0. The van der Waals surface area contributed by atoms with Crippen LogP contribution >= 0.6 is 0 Å². The number of nitrogens with one attached hydrogen (secondary N) is 1. The Bertz CT molecular complexity index is 560. The third-order valence-electron chi connectivity index (χ3n) is 2.91. The van der Waals surface area contributed by atoms with E-state index in [4.69, 9.17) is 4.42 Å². The molecule has 1 N–H and O–H groups in total. The van der Waals surface area contributed by atoms with Crippen LogP contribution in [-0.2, 0) is 6.54 Å². The van der Waals surface area contributed by atoms with Gasteiger partial charge in [-0.2, -0.15) is 0 Å². The Kier molecular flexibility index (Phi) is 3.15. The number of fused-ring (bicyclic) bond motifs is 1. The van der Waals surface area contributed by atoms with Crippen molar-refractivity contribution >= 4 is 11.0 Å². The number of furan rings is 1. The van der Waals surface area contributed by atoms with Crippen LogP contribution in [0.5, 0.6) is 0 Å². The lowest BCUT2D eigenvalue weighted by Crippen LogP contribution is -2.11. The summed E-state index contributed by atoms with van der Waals surface area (Å²) in [6.45, 7) is 6.76. The van der Waals surface area contributed by atoms with E-state index in [1.807, 2.05) is 6.92 Å². The lowest BCUT2D eigenvalue weighted by molar-refractivity contribution is 0.506. The Labute approximate surface area is 98.6 Å². The molecular weight excluding hydrogens is 224 g/mol. The van der Waals surface area contributed by atoms with Gasteiger partial charge in [0.25, 0.3) is 0 Å². The highest BCUT2D eigenvalue weighted by Gasteiger charge is 2.18. The quantitative estimate of drug-likeness (QED) is 0.887. The molecule has 0 amide bonds. The highest BCUT2D eigenvalue weighted by atomic mass is 19.2. The standard InChI is InChI=1S/C13H15F2NO/c1-4-16-6-10-8(3)11-12(15)9(14)5-7(2)13(11)17-10/h5,16H,4,6H2,1-3H3. The average Bonchev–Trinajstić information content (AvgIpc) is 2.62. The summed E-state index contributed by atoms with van der Waals surface area (Å²) in [6, 6.07) is 1.16. The molecule has 0 aliphatic heterocycles. The third kappa shape index (κ3) is 1.93. The Morgan fingerprint density at radius 2 is 2.00 bits per heavy atom. The van der Waals surface area contributed by atoms with E-state index in [0.717, 1.165) is 12.6 Å². The first-order valence-electron chi connectivity index (χ1n) is 5.63. The first kappa shape index (κ1) is 12.0. The van der Waals surface area contributed by atoms with E-state index in [9.17, 15) is 8.78 Å². The molecule has 2 rings (SSSR count). The van der Waals surface area contributed by atoms with Crippen LogP contribution in [0.15, 0.2) is 10.5 Å². The van der Waals surface area contributed by atoms with Gasteiger partial charge in [0.2, 0.25) is 0 Å². The average molecular weight is 239 g/mol. The van der Waals surface area contributed by atoms with Gasteiger partial charge in [-0.05, 0) is 32.0 Å². The van der Waals surface area contributed by atoms with Gasteiger partial charge in [-0.25, -0.2) is 8.78 Å². The second kappa shape index (κ2) is 4.45. The van der Waals surface area contributed by atoms with Gasteiger partial charge in [-0.3, -0.25) is 0 Å². The van der Waals surface area contributed by atoms with Crippen LogP contribution in [0.2, 0.25) is 0 Å². The smallest absolute Gasteiger partial charge is 0.170 e. The Hall–Kier alpha value is -1.42. The fourth-order valence-corrected chi connectivity index (χ4v) is 1.95. The van der Waals surface area contributed by atoms with Crippen molar-refractivity contribution in [2.75, 3.05) is 6.54 Å². The van der Waals surface area contributed by atoms with Crippen LogP contribution in [0.25, 0.3) is 11.0 Å². The molecule has 0 saturated carbocycles. The monoisotopic (exact) mass is 239 g/mol. The van der Waals surface area contributed by atoms with Crippen LogP contribution in [0, 0.1) is 25.5 Å². The summed E-state index contributed by atoms with van der Waals surface area (Å²) in [5, 5.41) is 3.37. The molecule has 17 heavy (non-hydrogen) atoms. The summed E-state index contributed by atoms with van der Waals surface area (Å²) in [7, 11) is 0. The second-order valence-corrected chi connectivity index (χ2v) is 4.12. The maximum Gasteiger partial charge on any atom is 0.170 e. The molecular formula is C13H15F2NO. The van der Waals surface area contributed by atoms with Gasteiger partial charge in [0.05, 0.1) is 11.9 Å². The molecule has 0 atom stereocenters. The maximum atomic E-state index is 13.7. The SMILES string of the molecule is CCNCc1oc2c(C)cc(F)c(F)c2c1C. The van der Waals surface area contributed by atoms with E-state index < -0.39 is 11.6 Å². The highest BCUT2D eigenvalue weighted by molar-refractivity contribution is 5.85. The molecule has 0 aliphatic carbocycles. The lowest BCUT2D eigenvalue weighted by atomic mass is 10.1. The normalized spacial score (nSPS) is 11.4. The fraction of sp³-hybridized carbons (Fsp3) is 0.385. The van der Waals surface area contributed by atoms with E-state index >= 15 is 0 Å². The minimum atomic E-state index is -0.825. The van der Waals surface area contributed by atoms with E-state index in [1.54, 1.807) is 13.8 Å². The minimum absolute atomic E-state index is 0.260. The molecule has 0 saturated heterocycles. The van der Waals surface area contributed by atoms with E-state index in [0.29, 0.717) is 29.0 Å². The lowest BCUT2D eigenvalue weighted by Gasteiger charge is -1.98. The molecule has 92 valence electrons. The first-order valence-corrected chi connectivity index (χ1v) is 5.63. The molecule has 0 bridgehead atoms.